The number of hydrogen-bond donors (Lipinski definition) is 3. The number of piperazine rings is 1. The summed E-state index contributed by atoms with van der Waals surface area (Å²) in [6.07, 6.45) is -1.60. The van der Waals surface area contributed by atoms with Gasteiger partial charge in [-0.05, 0) is 29.8 Å². The molecule has 2 saturated heterocycles. The van der Waals surface area contributed by atoms with E-state index in [-0.39, 0.29) is 24.6 Å². The molecule has 2 aliphatic rings. The predicted molar refractivity (Wildman–Crippen MR) is 120 cm³/mol. The average molecular weight is 446 g/mol. The summed E-state index contributed by atoms with van der Waals surface area (Å²) in [5.74, 6) is 0.600. The maximum Gasteiger partial charge on any atom is 0.142 e. The van der Waals surface area contributed by atoms with Crippen LogP contribution in [0.4, 0.5) is 10.1 Å². The Morgan fingerprint density at radius 1 is 1.06 bits per heavy atom. The SMILES string of the molecule is COc1ccccc1N1CCN([C@@H]2[C@H](O)[C@H](CO)O[C@@H]2CNCc2ccc(F)cc2)CC1. The lowest BCUT2D eigenvalue weighted by Gasteiger charge is -2.41. The molecule has 4 atom stereocenters. The molecule has 7 nitrogen and oxygen atoms in total. The van der Waals surface area contributed by atoms with Gasteiger partial charge >= 0.3 is 0 Å². The van der Waals surface area contributed by atoms with E-state index in [9.17, 15) is 14.6 Å². The fraction of sp³-hybridized carbons (Fsp3) is 0.500. The number of aliphatic hydroxyl groups is 2. The van der Waals surface area contributed by atoms with Gasteiger partial charge in [0, 0.05) is 39.3 Å². The Morgan fingerprint density at radius 2 is 1.78 bits per heavy atom. The summed E-state index contributed by atoms with van der Waals surface area (Å²) < 4.78 is 24.6. The highest BCUT2D eigenvalue weighted by Gasteiger charge is 2.46. The first kappa shape index (κ1) is 22.9. The second-order valence-electron chi connectivity index (χ2n) is 8.33. The molecule has 0 unspecified atom stereocenters. The van der Waals surface area contributed by atoms with E-state index in [1.54, 1.807) is 19.2 Å². The lowest BCUT2D eigenvalue weighted by molar-refractivity contribution is -0.0213. The Morgan fingerprint density at radius 3 is 2.47 bits per heavy atom. The Hall–Kier alpha value is -2.23. The molecule has 0 bridgehead atoms. The molecule has 2 aromatic rings. The Labute approximate surface area is 188 Å². The molecule has 4 rings (SSSR count). The maximum atomic E-state index is 13.1. The van der Waals surface area contributed by atoms with E-state index >= 15 is 0 Å². The van der Waals surface area contributed by atoms with Gasteiger partial charge in [-0.1, -0.05) is 24.3 Å². The molecule has 2 heterocycles. The minimum atomic E-state index is -0.754. The standard InChI is InChI=1S/C24H32FN3O4/c1-31-20-5-3-2-4-19(20)27-10-12-28(13-11-27)23-21(32-22(16-29)24(23)30)15-26-14-17-6-8-18(25)9-7-17/h2-9,21-24,26,29-30H,10-16H2,1H3/t21-,22+,23+,24-/m1/s1. The van der Waals surface area contributed by atoms with E-state index in [0.717, 1.165) is 43.2 Å². The van der Waals surface area contributed by atoms with E-state index in [4.69, 9.17) is 9.47 Å². The zero-order chi connectivity index (χ0) is 22.5. The predicted octanol–water partition coefficient (Wildman–Crippen LogP) is 1.24. The van der Waals surface area contributed by atoms with Crippen molar-refractivity contribution >= 4 is 5.69 Å². The first-order chi connectivity index (χ1) is 15.6. The second-order valence-corrected chi connectivity index (χ2v) is 8.33. The number of halogens is 1. The number of para-hydroxylation sites is 2. The summed E-state index contributed by atoms with van der Waals surface area (Å²) in [6.45, 7) is 4.06. The highest BCUT2D eigenvalue weighted by atomic mass is 19.1. The first-order valence-corrected chi connectivity index (χ1v) is 11.1. The minimum Gasteiger partial charge on any atom is -0.495 e. The molecule has 0 spiro atoms. The molecule has 2 fully saturated rings. The normalized spacial score (nSPS) is 26.4. The van der Waals surface area contributed by atoms with Crippen LogP contribution in [0.5, 0.6) is 5.75 Å². The summed E-state index contributed by atoms with van der Waals surface area (Å²) in [7, 11) is 1.68. The summed E-state index contributed by atoms with van der Waals surface area (Å²) in [5.41, 5.74) is 2.05. The number of nitrogens with zero attached hydrogens (tertiary/aromatic N) is 2. The lowest BCUT2D eigenvalue weighted by Crippen LogP contribution is -2.57. The molecular formula is C24H32FN3O4. The van der Waals surface area contributed by atoms with Crippen LogP contribution in [0.2, 0.25) is 0 Å². The van der Waals surface area contributed by atoms with Gasteiger partial charge in [0.15, 0.2) is 0 Å². The van der Waals surface area contributed by atoms with E-state index in [1.807, 2.05) is 18.2 Å². The molecule has 0 aromatic heterocycles. The molecule has 3 N–H and O–H groups in total. The van der Waals surface area contributed by atoms with Crippen molar-refractivity contribution in [1.82, 2.24) is 10.2 Å². The van der Waals surface area contributed by atoms with E-state index in [0.29, 0.717) is 13.1 Å². The summed E-state index contributed by atoms with van der Waals surface area (Å²) in [4.78, 5) is 4.55. The van der Waals surface area contributed by atoms with Crippen molar-refractivity contribution < 1.29 is 24.1 Å². The largest absolute Gasteiger partial charge is 0.495 e. The van der Waals surface area contributed by atoms with Crippen LogP contribution >= 0.6 is 0 Å². The molecule has 0 saturated carbocycles. The molecule has 0 radical (unpaired) electrons. The number of benzene rings is 2. The van der Waals surface area contributed by atoms with Crippen molar-refractivity contribution in [1.29, 1.82) is 0 Å². The maximum absolute atomic E-state index is 13.1. The summed E-state index contributed by atoms with van der Waals surface area (Å²) in [6, 6.07) is 14.2. The Bertz CT molecular complexity index is 861. The number of methoxy groups -OCH3 is 1. The number of hydrogen-bond acceptors (Lipinski definition) is 7. The van der Waals surface area contributed by atoms with E-state index < -0.39 is 12.2 Å². The van der Waals surface area contributed by atoms with E-state index in [1.165, 1.54) is 12.1 Å². The fourth-order valence-corrected chi connectivity index (χ4v) is 4.71. The zero-order valence-electron chi connectivity index (χ0n) is 18.4. The molecule has 2 aliphatic heterocycles. The van der Waals surface area contributed by atoms with Gasteiger partial charge in [0.05, 0.1) is 31.5 Å². The van der Waals surface area contributed by atoms with Crippen molar-refractivity contribution in [3.05, 3.63) is 59.9 Å². The highest BCUT2D eigenvalue weighted by Crippen LogP contribution is 2.31. The average Bonchev–Trinajstić information content (AvgIpc) is 3.15. The van der Waals surface area contributed by atoms with Gasteiger partial charge in [-0.15, -0.1) is 0 Å². The zero-order valence-corrected chi connectivity index (χ0v) is 18.4. The quantitative estimate of drug-likeness (QED) is 0.564. The van der Waals surface area contributed by atoms with Crippen molar-refractivity contribution in [3.63, 3.8) is 0 Å². The smallest absolute Gasteiger partial charge is 0.142 e. The third-order valence-electron chi connectivity index (χ3n) is 6.39. The third kappa shape index (κ3) is 5.05. The summed E-state index contributed by atoms with van der Waals surface area (Å²) >= 11 is 0. The van der Waals surface area contributed by atoms with Crippen LogP contribution in [0.25, 0.3) is 0 Å². The van der Waals surface area contributed by atoms with Crippen molar-refractivity contribution in [2.75, 3.05) is 51.3 Å². The number of ether oxygens (including phenoxy) is 2. The molecule has 32 heavy (non-hydrogen) atoms. The molecule has 2 aromatic carbocycles. The highest BCUT2D eigenvalue weighted by molar-refractivity contribution is 5.58. The second kappa shape index (κ2) is 10.6. The topological polar surface area (TPSA) is 77.4 Å². The molecule has 174 valence electrons. The molecule has 0 amide bonds. The van der Waals surface area contributed by atoms with Crippen molar-refractivity contribution in [3.8, 4) is 5.75 Å². The lowest BCUT2D eigenvalue weighted by atomic mass is 10.0. The number of aliphatic hydroxyl groups excluding tert-OH is 2. The van der Waals surface area contributed by atoms with Crippen LogP contribution < -0.4 is 15.0 Å². The number of anilines is 1. The molecule has 0 aliphatic carbocycles. The van der Waals surface area contributed by atoms with Crippen molar-refractivity contribution in [2.24, 2.45) is 0 Å². The monoisotopic (exact) mass is 445 g/mol. The van der Waals surface area contributed by atoms with Crippen LogP contribution in [-0.4, -0.2) is 85.9 Å². The van der Waals surface area contributed by atoms with Crippen LogP contribution in [0.1, 0.15) is 5.56 Å². The third-order valence-corrected chi connectivity index (χ3v) is 6.39. The number of nitrogens with one attached hydrogen (secondary N) is 1. The summed E-state index contributed by atoms with van der Waals surface area (Å²) in [5, 5.41) is 23.9. The first-order valence-electron chi connectivity index (χ1n) is 11.1. The van der Waals surface area contributed by atoms with Crippen LogP contribution in [-0.2, 0) is 11.3 Å². The van der Waals surface area contributed by atoms with Gasteiger partial charge in [0.25, 0.3) is 0 Å². The fourth-order valence-electron chi connectivity index (χ4n) is 4.71. The number of rotatable bonds is 8. The van der Waals surface area contributed by atoms with Crippen LogP contribution in [0, 0.1) is 5.82 Å². The van der Waals surface area contributed by atoms with Gasteiger partial charge in [0.2, 0.25) is 0 Å². The Balaban J connectivity index is 1.37. The van der Waals surface area contributed by atoms with Gasteiger partial charge in [-0.2, -0.15) is 0 Å². The van der Waals surface area contributed by atoms with Gasteiger partial charge in [-0.3, -0.25) is 4.90 Å². The van der Waals surface area contributed by atoms with Crippen LogP contribution in [0.3, 0.4) is 0 Å². The minimum absolute atomic E-state index is 0.201. The van der Waals surface area contributed by atoms with E-state index in [2.05, 4.69) is 21.2 Å². The van der Waals surface area contributed by atoms with Gasteiger partial charge < -0.3 is 29.9 Å². The molecular weight excluding hydrogens is 413 g/mol. The van der Waals surface area contributed by atoms with Crippen LogP contribution in [0.15, 0.2) is 48.5 Å². The van der Waals surface area contributed by atoms with Gasteiger partial charge in [-0.25, -0.2) is 4.39 Å². The van der Waals surface area contributed by atoms with Gasteiger partial charge in [0.1, 0.15) is 23.8 Å². The Kier molecular flexibility index (Phi) is 7.59. The van der Waals surface area contributed by atoms with Crippen molar-refractivity contribution in [2.45, 2.75) is 30.9 Å². The molecule has 8 heteroatoms.